The number of para-hydroxylation sites is 1. The minimum atomic E-state index is 0.198. The normalized spacial score (nSPS) is 11.3. The number of amides is 1. The largest absolute Gasteiger partial charge is 0.383 e. The Hall–Kier alpha value is -1.81. The van der Waals surface area contributed by atoms with Crippen LogP contribution in [0.2, 0.25) is 0 Å². The number of aryl methyl sites for hydroxylation is 1. The number of carbonyl (C=O) groups excluding carboxylic acids is 1. The number of methoxy groups -OCH3 is 1. The van der Waals surface area contributed by atoms with E-state index in [0.29, 0.717) is 32.0 Å². The maximum atomic E-state index is 12.5. The first-order valence-corrected chi connectivity index (χ1v) is 7.92. The number of aromatic nitrogens is 1. The molecule has 2 aromatic rings. The van der Waals surface area contributed by atoms with E-state index in [0.717, 1.165) is 6.54 Å². The van der Waals surface area contributed by atoms with Crippen molar-refractivity contribution in [3.8, 4) is 0 Å². The molecule has 120 valence electrons. The zero-order valence-electron chi connectivity index (χ0n) is 13.8. The first-order valence-electron chi connectivity index (χ1n) is 7.92. The van der Waals surface area contributed by atoms with Gasteiger partial charge in [-0.2, -0.15) is 0 Å². The van der Waals surface area contributed by atoms with E-state index >= 15 is 0 Å². The average molecular weight is 302 g/mol. The van der Waals surface area contributed by atoms with Gasteiger partial charge in [-0.15, -0.1) is 0 Å². The molecule has 0 unspecified atom stereocenters. The van der Waals surface area contributed by atoms with Crippen molar-refractivity contribution in [1.29, 1.82) is 0 Å². The number of benzene rings is 1. The lowest BCUT2D eigenvalue weighted by Gasteiger charge is -2.24. The van der Waals surface area contributed by atoms with Gasteiger partial charge in [0.25, 0.3) is 0 Å². The molecule has 0 aliphatic rings. The standard InChI is InChI=1S/C18H26N2O2/c1-15(2)14-20(12-13-22-3)18(21)9-11-19-10-8-16-6-4-5-7-17(16)19/h4-8,10,15H,9,11-14H2,1-3H3. The highest BCUT2D eigenvalue weighted by Crippen LogP contribution is 2.15. The van der Waals surface area contributed by atoms with E-state index in [1.165, 1.54) is 10.9 Å². The lowest BCUT2D eigenvalue weighted by Crippen LogP contribution is -2.37. The van der Waals surface area contributed by atoms with Crippen LogP contribution in [-0.2, 0) is 16.1 Å². The molecular formula is C18H26N2O2. The summed E-state index contributed by atoms with van der Waals surface area (Å²) in [6, 6.07) is 10.3. The second-order valence-electron chi connectivity index (χ2n) is 6.04. The third kappa shape index (κ3) is 4.34. The molecule has 0 aliphatic heterocycles. The van der Waals surface area contributed by atoms with Gasteiger partial charge in [0.05, 0.1) is 6.61 Å². The van der Waals surface area contributed by atoms with Crippen LogP contribution in [0.25, 0.3) is 10.9 Å². The molecule has 4 nitrogen and oxygen atoms in total. The number of hydrogen-bond donors (Lipinski definition) is 0. The molecule has 1 amide bonds. The average Bonchev–Trinajstić information content (AvgIpc) is 2.92. The van der Waals surface area contributed by atoms with Gasteiger partial charge in [-0.25, -0.2) is 0 Å². The van der Waals surface area contributed by atoms with Gasteiger partial charge in [0.15, 0.2) is 0 Å². The summed E-state index contributed by atoms with van der Waals surface area (Å²) < 4.78 is 7.26. The molecule has 0 bridgehead atoms. The molecule has 2 rings (SSSR count). The monoisotopic (exact) mass is 302 g/mol. The van der Waals surface area contributed by atoms with Crippen LogP contribution in [0.1, 0.15) is 20.3 Å². The number of carbonyl (C=O) groups is 1. The Kier molecular flexibility index (Phi) is 6.01. The highest BCUT2D eigenvalue weighted by Gasteiger charge is 2.14. The van der Waals surface area contributed by atoms with Gasteiger partial charge in [-0.05, 0) is 23.4 Å². The van der Waals surface area contributed by atoms with Gasteiger partial charge in [-0.1, -0.05) is 32.0 Å². The molecule has 0 radical (unpaired) electrons. The molecular weight excluding hydrogens is 276 g/mol. The first-order chi connectivity index (χ1) is 10.6. The van der Waals surface area contributed by atoms with E-state index in [9.17, 15) is 4.79 Å². The second kappa shape index (κ2) is 7.99. The van der Waals surface area contributed by atoms with Crippen LogP contribution < -0.4 is 0 Å². The number of ether oxygens (including phenoxy) is 1. The summed E-state index contributed by atoms with van der Waals surface area (Å²) >= 11 is 0. The number of fused-ring (bicyclic) bond motifs is 1. The van der Waals surface area contributed by atoms with Crippen molar-refractivity contribution in [2.24, 2.45) is 5.92 Å². The second-order valence-corrected chi connectivity index (χ2v) is 6.04. The van der Waals surface area contributed by atoms with Crippen LogP contribution in [-0.4, -0.2) is 42.2 Å². The maximum absolute atomic E-state index is 12.5. The number of hydrogen-bond acceptors (Lipinski definition) is 2. The van der Waals surface area contributed by atoms with Gasteiger partial charge in [0.1, 0.15) is 0 Å². The molecule has 0 aliphatic carbocycles. The lowest BCUT2D eigenvalue weighted by atomic mass is 10.2. The SMILES string of the molecule is COCCN(CC(C)C)C(=O)CCn1ccc2ccccc21. The molecule has 1 aromatic carbocycles. The molecule has 0 atom stereocenters. The van der Waals surface area contributed by atoms with Crippen LogP contribution in [0, 0.1) is 5.92 Å². The van der Waals surface area contributed by atoms with Crippen LogP contribution in [0.5, 0.6) is 0 Å². The van der Waals surface area contributed by atoms with Crippen molar-refractivity contribution in [2.45, 2.75) is 26.8 Å². The first kappa shape index (κ1) is 16.6. The Morgan fingerprint density at radius 1 is 1.27 bits per heavy atom. The van der Waals surface area contributed by atoms with Gasteiger partial charge < -0.3 is 14.2 Å². The molecule has 1 heterocycles. The third-order valence-corrected chi connectivity index (χ3v) is 3.75. The third-order valence-electron chi connectivity index (χ3n) is 3.75. The summed E-state index contributed by atoms with van der Waals surface area (Å²) in [5.74, 6) is 0.664. The van der Waals surface area contributed by atoms with E-state index in [2.05, 4.69) is 42.8 Å². The van der Waals surface area contributed by atoms with Gasteiger partial charge in [0.2, 0.25) is 5.91 Å². The molecule has 0 fully saturated rings. The number of nitrogens with zero attached hydrogens (tertiary/aromatic N) is 2. The summed E-state index contributed by atoms with van der Waals surface area (Å²) in [6.45, 7) is 7.02. The zero-order valence-corrected chi connectivity index (χ0v) is 13.8. The predicted octanol–water partition coefficient (Wildman–Crippen LogP) is 3.16. The highest BCUT2D eigenvalue weighted by molar-refractivity contribution is 5.80. The summed E-state index contributed by atoms with van der Waals surface area (Å²) in [5.41, 5.74) is 1.18. The Morgan fingerprint density at radius 2 is 2.05 bits per heavy atom. The fourth-order valence-electron chi connectivity index (χ4n) is 2.67. The van der Waals surface area contributed by atoms with Gasteiger partial charge >= 0.3 is 0 Å². The summed E-state index contributed by atoms with van der Waals surface area (Å²) in [6.07, 6.45) is 2.58. The Bertz CT molecular complexity index is 604. The predicted molar refractivity (Wildman–Crippen MR) is 89.8 cm³/mol. The Morgan fingerprint density at radius 3 is 2.77 bits per heavy atom. The fourth-order valence-corrected chi connectivity index (χ4v) is 2.67. The van der Waals surface area contributed by atoms with Crippen molar-refractivity contribution in [1.82, 2.24) is 9.47 Å². The lowest BCUT2D eigenvalue weighted by molar-refractivity contribution is -0.132. The molecule has 0 saturated heterocycles. The van der Waals surface area contributed by atoms with Crippen molar-refractivity contribution in [2.75, 3.05) is 26.8 Å². The van der Waals surface area contributed by atoms with E-state index in [-0.39, 0.29) is 5.91 Å². The van der Waals surface area contributed by atoms with Crippen LogP contribution in [0.4, 0.5) is 0 Å². The van der Waals surface area contributed by atoms with Gasteiger partial charge in [-0.3, -0.25) is 4.79 Å². The fraction of sp³-hybridized carbons (Fsp3) is 0.500. The molecule has 22 heavy (non-hydrogen) atoms. The molecule has 4 heteroatoms. The van der Waals surface area contributed by atoms with Crippen LogP contribution in [0.15, 0.2) is 36.5 Å². The van der Waals surface area contributed by atoms with Crippen LogP contribution >= 0.6 is 0 Å². The Labute approximate surface area is 132 Å². The molecule has 0 N–H and O–H groups in total. The zero-order chi connectivity index (χ0) is 15.9. The van der Waals surface area contributed by atoms with E-state index < -0.39 is 0 Å². The van der Waals surface area contributed by atoms with Crippen molar-refractivity contribution >= 4 is 16.8 Å². The Balaban J connectivity index is 1.97. The van der Waals surface area contributed by atoms with Gasteiger partial charge in [0, 0.05) is 44.9 Å². The van der Waals surface area contributed by atoms with E-state index in [1.54, 1.807) is 7.11 Å². The quantitative estimate of drug-likeness (QED) is 0.750. The minimum absolute atomic E-state index is 0.198. The highest BCUT2D eigenvalue weighted by atomic mass is 16.5. The van der Waals surface area contributed by atoms with E-state index in [4.69, 9.17) is 4.74 Å². The smallest absolute Gasteiger partial charge is 0.224 e. The molecule has 0 spiro atoms. The summed E-state index contributed by atoms with van der Waals surface area (Å²) in [5, 5.41) is 1.22. The summed E-state index contributed by atoms with van der Waals surface area (Å²) in [7, 11) is 1.67. The molecule has 0 saturated carbocycles. The minimum Gasteiger partial charge on any atom is -0.383 e. The number of rotatable bonds is 8. The van der Waals surface area contributed by atoms with Crippen molar-refractivity contribution in [3.63, 3.8) is 0 Å². The summed E-state index contributed by atoms with van der Waals surface area (Å²) in [4.78, 5) is 14.4. The van der Waals surface area contributed by atoms with Crippen LogP contribution in [0.3, 0.4) is 0 Å². The maximum Gasteiger partial charge on any atom is 0.224 e. The topological polar surface area (TPSA) is 34.5 Å². The molecule has 1 aromatic heterocycles. The van der Waals surface area contributed by atoms with E-state index in [1.807, 2.05) is 17.0 Å². The van der Waals surface area contributed by atoms with Crippen molar-refractivity contribution < 1.29 is 9.53 Å². The van der Waals surface area contributed by atoms with Crippen molar-refractivity contribution in [3.05, 3.63) is 36.5 Å².